The predicted octanol–water partition coefficient (Wildman–Crippen LogP) is 4.18. The monoisotopic (exact) mass is 296 g/mol. The van der Waals surface area contributed by atoms with Crippen molar-refractivity contribution >= 4 is 11.6 Å². The van der Waals surface area contributed by atoms with Crippen molar-refractivity contribution in [1.29, 1.82) is 0 Å². The van der Waals surface area contributed by atoms with E-state index in [1.54, 1.807) is 0 Å². The summed E-state index contributed by atoms with van der Waals surface area (Å²) in [5.74, 6) is -0.600. The third-order valence-corrected chi connectivity index (χ3v) is 3.68. The van der Waals surface area contributed by atoms with Gasteiger partial charge in [-0.1, -0.05) is 17.7 Å². The Morgan fingerprint density at radius 3 is 2.40 bits per heavy atom. The first kappa shape index (κ1) is 13.3. The summed E-state index contributed by atoms with van der Waals surface area (Å²) in [5, 5.41) is 10.3. The minimum atomic E-state index is -0.773. The summed E-state index contributed by atoms with van der Waals surface area (Å²) in [7, 11) is 0. The van der Waals surface area contributed by atoms with Crippen LogP contribution in [0.2, 0.25) is 5.02 Å². The van der Waals surface area contributed by atoms with Crippen LogP contribution in [0.4, 0.5) is 8.78 Å². The second-order valence-electron chi connectivity index (χ2n) is 4.71. The van der Waals surface area contributed by atoms with Gasteiger partial charge in [-0.15, -0.1) is 0 Å². The highest BCUT2D eigenvalue weighted by molar-refractivity contribution is 6.31. The van der Waals surface area contributed by atoms with Crippen molar-refractivity contribution in [2.75, 3.05) is 0 Å². The first-order chi connectivity index (χ1) is 9.54. The molecule has 2 aromatic rings. The van der Waals surface area contributed by atoms with Crippen LogP contribution in [0.1, 0.15) is 29.8 Å². The quantitative estimate of drug-likeness (QED) is 0.855. The fourth-order valence-corrected chi connectivity index (χ4v) is 2.66. The number of benzene rings is 2. The number of aliphatic hydroxyl groups excluding tert-OH is 1. The second kappa shape index (κ2) is 5.04. The molecule has 0 saturated carbocycles. The van der Waals surface area contributed by atoms with Crippen LogP contribution in [0.5, 0.6) is 5.75 Å². The highest BCUT2D eigenvalue weighted by atomic mass is 35.5. The van der Waals surface area contributed by atoms with Crippen LogP contribution in [0.25, 0.3) is 0 Å². The number of ether oxygens (including phenoxy) is 1. The maximum atomic E-state index is 13.2. The predicted molar refractivity (Wildman–Crippen MR) is 70.8 cm³/mol. The highest BCUT2D eigenvalue weighted by Gasteiger charge is 2.29. The number of fused-ring (bicyclic) bond motifs is 1. The third kappa shape index (κ3) is 2.37. The number of halogens is 3. The molecule has 0 aliphatic carbocycles. The summed E-state index contributed by atoms with van der Waals surface area (Å²) >= 11 is 5.99. The molecule has 1 heterocycles. The molecule has 2 nitrogen and oxygen atoms in total. The van der Waals surface area contributed by atoms with Gasteiger partial charge in [0.2, 0.25) is 0 Å². The maximum absolute atomic E-state index is 13.2. The first-order valence-corrected chi connectivity index (χ1v) is 6.51. The van der Waals surface area contributed by atoms with Gasteiger partial charge in [0, 0.05) is 23.6 Å². The average molecular weight is 297 g/mol. The van der Waals surface area contributed by atoms with E-state index in [2.05, 4.69) is 0 Å². The Morgan fingerprint density at radius 1 is 1.05 bits per heavy atom. The molecule has 2 aromatic carbocycles. The summed E-state index contributed by atoms with van der Waals surface area (Å²) in [4.78, 5) is 0. The standard InChI is InChI=1S/C15H11ClF2O2/c16-12-5-8(17)1-3-10(12)15-7-13(19)11-4-2-9(18)6-14(11)20-15/h1-6,13,15,19H,7H2/t13-,15?/m0/s1. The number of rotatable bonds is 1. The lowest BCUT2D eigenvalue weighted by atomic mass is 9.95. The normalized spacial score (nSPS) is 21.2. The Kier molecular flexibility index (Phi) is 3.36. The molecule has 0 aromatic heterocycles. The molecular weight excluding hydrogens is 286 g/mol. The summed E-state index contributed by atoms with van der Waals surface area (Å²) < 4.78 is 32.0. The van der Waals surface area contributed by atoms with Crippen LogP contribution in [0.3, 0.4) is 0 Å². The van der Waals surface area contributed by atoms with Crippen molar-refractivity contribution in [2.45, 2.75) is 18.6 Å². The van der Waals surface area contributed by atoms with Crippen molar-refractivity contribution in [3.05, 3.63) is 64.2 Å². The highest BCUT2D eigenvalue weighted by Crippen LogP contribution is 2.42. The van der Waals surface area contributed by atoms with Crippen LogP contribution < -0.4 is 4.74 Å². The van der Waals surface area contributed by atoms with Gasteiger partial charge < -0.3 is 9.84 Å². The van der Waals surface area contributed by atoms with E-state index < -0.39 is 23.8 Å². The van der Waals surface area contributed by atoms with Gasteiger partial charge in [-0.2, -0.15) is 0 Å². The van der Waals surface area contributed by atoms with E-state index >= 15 is 0 Å². The van der Waals surface area contributed by atoms with Gasteiger partial charge in [-0.25, -0.2) is 8.78 Å². The van der Waals surface area contributed by atoms with Gasteiger partial charge >= 0.3 is 0 Å². The van der Waals surface area contributed by atoms with Crippen molar-refractivity contribution in [1.82, 2.24) is 0 Å². The zero-order valence-electron chi connectivity index (χ0n) is 10.3. The molecular formula is C15H11ClF2O2. The Bertz CT molecular complexity index is 660. The number of hydrogen-bond acceptors (Lipinski definition) is 2. The van der Waals surface area contributed by atoms with Crippen LogP contribution >= 0.6 is 11.6 Å². The maximum Gasteiger partial charge on any atom is 0.128 e. The zero-order valence-corrected chi connectivity index (χ0v) is 11.1. The largest absolute Gasteiger partial charge is 0.485 e. The molecule has 0 amide bonds. The smallest absolute Gasteiger partial charge is 0.128 e. The molecule has 20 heavy (non-hydrogen) atoms. The summed E-state index contributed by atoms with van der Waals surface area (Å²) in [6.07, 6.45) is -1.03. The summed E-state index contributed by atoms with van der Waals surface area (Å²) in [6, 6.07) is 7.97. The third-order valence-electron chi connectivity index (χ3n) is 3.35. The van der Waals surface area contributed by atoms with Crippen LogP contribution in [-0.4, -0.2) is 5.11 Å². The molecule has 0 fully saturated rings. The minimum Gasteiger partial charge on any atom is -0.485 e. The van der Waals surface area contributed by atoms with Crippen molar-refractivity contribution in [3.63, 3.8) is 0 Å². The average Bonchev–Trinajstić information content (AvgIpc) is 2.37. The van der Waals surface area contributed by atoms with Gasteiger partial charge in [0.15, 0.2) is 0 Å². The Morgan fingerprint density at radius 2 is 1.70 bits per heavy atom. The number of hydrogen-bond donors (Lipinski definition) is 1. The van der Waals surface area contributed by atoms with E-state index in [4.69, 9.17) is 16.3 Å². The van der Waals surface area contributed by atoms with Gasteiger partial charge in [0.25, 0.3) is 0 Å². The molecule has 3 rings (SSSR count). The van der Waals surface area contributed by atoms with E-state index in [-0.39, 0.29) is 17.2 Å². The zero-order chi connectivity index (χ0) is 14.3. The molecule has 104 valence electrons. The van der Waals surface area contributed by atoms with Crippen LogP contribution in [0.15, 0.2) is 36.4 Å². The van der Waals surface area contributed by atoms with E-state index in [1.165, 1.54) is 36.4 Å². The van der Waals surface area contributed by atoms with E-state index in [1.807, 2.05) is 0 Å². The Balaban J connectivity index is 1.98. The number of aliphatic hydroxyl groups is 1. The van der Waals surface area contributed by atoms with Crippen molar-refractivity contribution in [3.8, 4) is 5.75 Å². The molecule has 0 saturated heterocycles. The fourth-order valence-electron chi connectivity index (χ4n) is 2.37. The van der Waals surface area contributed by atoms with E-state index in [0.717, 1.165) is 0 Å². The molecule has 0 radical (unpaired) electrons. The van der Waals surface area contributed by atoms with Gasteiger partial charge in [-0.05, 0) is 24.3 Å². The Labute approximate surface area is 119 Å². The summed E-state index contributed by atoms with van der Waals surface area (Å²) in [6.45, 7) is 0. The second-order valence-corrected chi connectivity index (χ2v) is 5.11. The molecule has 5 heteroatoms. The van der Waals surface area contributed by atoms with Crippen molar-refractivity contribution in [2.24, 2.45) is 0 Å². The SMILES string of the molecule is O[C@H]1CC(c2ccc(F)cc2Cl)Oc2cc(F)ccc21. The lowest BCUT2D eigenvalue weighted by molar-refractivity contribution is 0.0654. The topological polar surface area (TPSA) is 29.5 Å². The molecule has 1 N–H and O–H groups in total. The summed E-state index contributed by atoms with van der Waals surface area (Å²) in [5.41, 5.74) is 1.11. The van der Waals surface area contributed by atoms with Gasteiger partial charge in [0.1, 0.15) is 23.5 Å². The first-order valence-electron chi connectivity index (χ1n) is 6.13. The van der Waals surface area contributed by atoms with Gasteiger partial charge in [-0.3, -0.25) is 0 Å². The van der Waals surface area contributed by atoms with Gasteiger partial charge in [0.05, 0.1) is 11.1 Å². The lowest BCUT2D eigenvalue weighted by Gasteiger charge is -2.30. The van der Waals surface area contributed by atoms with E-state index in [9.17, 15) is 13.9 Å². The fraction of sp³-hybridized carbons (Fsp3) is 0.200. The van der Waals surface area contributed by atoms with Crippen molar-refractivity contribution < 1.29 is 18.6 Å². The molecule has 0 bridgehead atoms. The molecule has 1 unspecified atom stereocenters. The molecule has 2 atom stereocenters. The van der Waals surface area contributed by atoms with Crippen LogP contribution in [0, 0.1) is 11.6 Å². The van der Waals surface area contributed by atoms with Crippen LogP contribution in [-0.2, 0) is 0 Å². The molecule has 1 aliphatic rings. The van der Waals surface area contributed by atoms with E-state index in [0.29, 0.717) is 11.1 Å². The Hall–Kier alpha value is -1.65. The lowest BCUT2D eigenvalue weighted by Crippen LogP contribution is -2.19. The molecule has 0 spiro atoms. The molecule has 1 aliphatic heterocycles. The minimum absolute atomic E-state index is 0.224.